The van der Waals surface area contributed by atoms with Crippen LogP contribution in [0.15, 0.2) is 54.6 Å². The first-order valence-corrected chi connectivity index (χ1v) is 9.80. The first kappa shape index (κ1) is 16.4. The Labute approximate surface area is 154 Å². The molecule has 0 fully saturated rings. The molecule has 0 N–H and O–H groups in total. The molecule has 0 bridgehead atoms. The second-order valence-electron chi connectivity index (χ2n) is 7.74. The van der Waals surface area contributed by atoms with Gasteiger partial charge in [-0.05, 0) is 23.1 Å². The van der Waals surface area contributed by atoms with E-state index in [0.29, 0.717) is 5.92 Å². The molecule has 1 nitrogen and oxygen atoms in total. The lowest BCUT2D eigenvalue weighted by molar-refractivity contribution is 0.645. The molecule has 1 aliphatic rings. The van der Waals surface area contributed by atoms with E-state index in [1.807, 2.05) is 11.3 Å². The lowest BCUT2D eigenvalue weighted by Crippen LogP contribution is -2.29. The predicted octanol–water partition coefficient (Wildman–Crippen LogP) is 6.95. The number of benzene rings is 2. The standard InChI is InChI=1S/C23H25NS/c1-15(2)21-19(16-11-7-6-8-12-16)20-22(25-21)23(3,4)17-13-9-10-14-18(17)24(20)5/h6-15H,1-5H3. The SMILES string of the molecule is CC(C)c1sc2c(c1-c1ccccc1)N(C)c1ccccc1C2(C)C. The summed E-state index contributed by atoms with van der Waals surface area (Å²) in [5, 5.41) is 0. The molecule has 4 rings (SSSR count). The van der Waals surface area contributed by atoms with E-state index in [4.69, 9.17) is 0 Å². The molecule has 0 amide bonds. The van der Waals surface area contributed by atoms with Gasteiger partial charge in [-0.25, -0.2) is 0 Å². The highest BCUT2D eigenvalue weighted by Crippen LogP contribution is 2.57. The molecule has 0 spiro atoms. The molecule has 0 saturated carbocycles. The van der Waals surface area contributed by atoms with Crippen molar-refractivity contribution in [1.82, 2.24) is 0 Å². The summed E-state index contributed by atoms with van der Waals surface area (Å²) in [4.78, 5) is 5.38. The maximum absolute atomic E-state index is 2.40. The van der Waals surface area contributed by atoms with Crippen molar-refractivity contribution in [3.05, 3.63) is 69.9 Å². The lowest BCUT2D eigenvalue weighted by atomic mass is 9.77. The minimum atomic E-state index is 0.0276. The van der Waals surface area contributed by atoms with E-state index in [1.54, 1.807) is 0 Å². The summed E-state index contributed by atoms with van der Waals surface area (Å²) < 4.78 is 0. The molecule has 1 aliphatic heterocycles. The average Bonchev–Trinajstić information content (AvgIpc) is 3.03. The zero-order chi connectivity index (χ0) is 17.8. The number of anilines is 2. The van der Waals surface area contributed by atoms with Gasteiger partial charge in [0.15, 0.2) is 0 Å². The van der Waals surface area contributed by atoms with Crippen molar-refractivity contribution in [2.24, 2.45) is 0 Å². The molecule has 2 aromatic carbocycles. The zero-order valence-electron chi connectivity index (χ0n) is 15.6. The number of thiophene rings is 1. The number of hydrogen-bond acceptors (Lipinski definition) is 2. The Morgan fingerprint density at radius 2 is 1.56 bits per heavy atom. The minimum Gasteiger partial charge on any atom is -0.343 e. The van der Waals surface area contributed by atoms with Gasteiger partial charge in [-0.2, -0.15) is 0 Å². The number of rotatable bonds is 2. The van der Waals surface area contributed by atoms with Gasteiger partial charge in [0.2, 0.25) is 0 Å². The van der Waals surface area contributed by atoms with Crippen LogP contribution in [-0.4, -0.2) is 7.05 Å². The van der Waals surface area contributed by atoms with Crippen molar-refractivity contribution in [3.8, 4) is 11.1 Å². The maximum Gasteiger partial charge on any atom is 0.0641 e. The van der Waals surface area contributed by atoms with Crippen molar-refractivity contribution in [2.45, 2.75) is 39.0 Å². The Kier molecular flexibility index (Phi) is 3.77. The summed E-state index contributed by atoms with van der Waals surface area (Å²) in [5.74, 6) is 0.512. The number of para-hydroxylation sites is 1. The molecule has 2 heterocycles. The van der Waals surface area contributed by atoms with Crippen molar-refractivity contribution in [3.63, 3.8) is 0 Å². The second kappa shape index (κ2) is 5.74. The van der Waals surface area contributed by atoms with Gasteiger partial charge in [-0.15, -0.1) is 11.3 Å². The largest absolute Gasteiger partial charge is 0.343 e. The quantitative estimate of drug-likeness (QED) is 0.485. The Morgan fingerprint density at radius 1 is 0.920 bits per heavy atom. The van der Waals surface area contributed by atoms with Crippen LogP contribution in [0.2, 0.25) is 0 Å². The molecular weight excluding hydrogens is 322 g/mol. The molecule has 128 valence electrons. The Balaban J connectivity index is 2.07. The summed E-state index contributed by atoms with van der Waals surface area (Å²) in [7, 11) is 2.22. The van der Waals surface area contributed by atoms with Gasteiger partial charge in [-0.1, -0.05) is 76.2 Å². The molecule has 0 aliphatic carbocycles. The zero-order valence-corrected chi connectivity index (χ0v) is 16.4. The summed E-state index contributed by atoms with van der Waals surface area (Å²) in [6.07, 6.45) is 0. The van der Waals surface area contributed by atoms with E-state index >= 15 is 0 Å². The number of nitrogens with zero attached hydrogens (tertiary/aromatic N) is 1. The fraction of sp³-hybridized carbons (Fsp3) is 0.304. The van der Waals surface area contributed by atoms with Crippen LogP contribution in [0.5, 0.6) is 0 Å². The average molecular weight is 348 g/mol. The van der Waals surface area contributed by atoms with Gasteiger partial charge in [0.25, 0.3) is 0 Å². The van der Waals surface area contributed by atoms with E-state index in [1.165, 1.54) is 37.8 Å². The molecule has 0 radical (unpaired) electrons. The first-order valence-electron chi connectivity index (χ1n) is 8.98. The van der Waals surface area contributed by atoms with Crippen LogP contribution in [0.3, 0.4) is 0 Å². The van der Waals surface area contributed by atoms with Crippen LogP contribution >= 0.6 is 11.3 Å². The fourth-order valence-corrected chi connectivity index (χ4v) is 5.48. The van der Waals surface area contributed by atoms with E-state index in [2.05, 4.69) is 94.2 Å². The van der Waals surface area contributed by atoms with Crippen molar-refractivity contribution < 1.29 is 0 Å². The highest BCUT2D eigenvalue weighted by molar-refractivity contribution is 7.13. The van der Waals surface area contributed by atoms with Crippen LogP contribution in [0.4, 0.5) is 11.4 Å². The first-order chi connectivity index (χ1) is 11.9. The van der Waals surface area contributed by atoms with E-state index in [-0.39, 0.29) is 5.41 Å². The van der Waals surface area contributed by atoms with Crippen LogP contribution in [-0.2, 0) is 5.41 Å². The molecular formula is C23H25NS. The molecule has 3 aromatic rings. The van der Waals surface area contributed by atoms with Gasteiger partial charge in [-0.3, -0.25) is 0 Å². The van der Waals surface area contributed by atoms with Gasteiger partial charge >= 0.3 is 0 Å². The van der Waals surface area contributed by atoms with Gasteiger partial charge in [0.05, 0.1) is 5.69 Å². The maximum atomic E-state index is 2.40. The molecule has 0 atom stereocenters. The third kappa shape index (κ3) is 2.35. The molecule has 25 heavy (non-hydrogen) atoms. The Hall–Kier alpha value is -2.06. The van der Waals surface area contributed by atoms with Crippen molar-refractivity contribution in [2.75, 3.05) is 11.9 Å². The number of hydrogen-bond donors (Lipinski definition) is 0. The Bertz CT molecular complexity index is 919. The van der Waals surface area contributed by atoms with E-state index in [9.17, 15) is 0 Å². The van der Waals surface area contributed by atoms with Crippen LogP contribution in [0.25, 0.3) is 11.1 Å². The molecule has 0 saturated heterocycles. The molecule has 1 aromatic heterocycles. The highest BCUT2D eigenvalue weighted by Gasteiger charge is 2.39. The second-order valence-corrected chi connectivity index (χ2v) is 8.79. The van der Waals surface area contributed by atoms with Gasteiger partial charge < -0.3 is 4.90 Å². The third-order valence-corrected chi connectivity index (χ3v) is 7.14. The van der Waals surface area contributed by atoms with Crippen molar-refractivity contribution in [1.29, 1.82) is 0 Å². The summed E-state index contributed by atoms with van der Waals surface area (Å²) in [6, 6.07) is 19.7. The summed E-state index contributed by atoms with van der Waals surface area (Å²) in [5.41, 5.74) is 6.90. The number of fused-ring (bicyclic) bond motifs is 2. The van der Waals surface area contributed by atoms with Crippen LogP contribution in [0.1, 0.15) is 48.9 Å². The highest BCUT2D eigenvalue weighted by atomic mass is 32.1. The monoisotopic (exact) mass is 347 g/mol. The lowest BCUT2D eigenvalue weighted by Gasteiger charge is -2.38. The Morgan fingerprint density at radius 3 is 2.24 bits per heavy atom. The molecule has 0 unspecified atom stereocenters. The summed E-state index contributed by atoms with van der Waals surface area (Å²) in [6.45, 7) is 9.35. The summed E-state index contributed by atoms with van der Waals surface area (Å²) >= 11 is 2.00. The fourth-order valence-electron chi connectivity index (χ4n) is 4.01. The van der Waals surface area contributed by atoms with Crippen molar-refractivity contribution >= 4 is 22.7 Å². The van der Waals surface area contributed by atoms with Gasteiger partial charge in [0, 0.05) is 33.5 Å². The topological polar surface area (TPSA) is 3.24 Å². The smallest absolute Gasteiger partial charge is 0.0641 e. The normalized spacial score (nSPS) is 15.2. The minimum absolute atomic E-state index is 0.0276. The van der Waals surface area contributed by atoms with Crippen LogP contribution in [0, 0.1) is 0 Å². The molecule has 2 heteroatoms. The van der Waals surface area contributed by atoms with E-state index < -0.39 is 0 Å². The third-order valence-electron chi connectivity index (χ3n) is 5.34. The van der Waals surface area contributed by atoms with Crippen LogP contribution < -0.4 is 4.90 Å². The van der Waals surface area contributed by atoms with Gasteiger partial charge in [0.1, 0.15) is 0 Å². The van der Waals surface area contributed by atoms with E-state index in [0.717, 1.165) is 0 Å². The predicted molar refractivity (Wildman–Crippen MR) is 110 cm³/mol.